The molecule has 5 heterocycles. The van der Waals surface area contributed by atoms with Gasteiger partial charge >= 0.3 is 0 Å². The van der Waals surface area contributed by atoms with Gasteiger partial charge in [0.05, 0.1) is 12.2 Å². The van der Waals surface area contributed by atoms with E-state index in [4.69, 9.17) is 5.10 Å². The molecule has 0 radical (unpaired) electrons. The highest BCUT2D eigenvalue weighted by Crippen LogP contribution is 2.27. The van der Waals surface area contributed by atoms with Crippen LogP contribution in [0.2, 0.25) is 0 Å². The summed E-state index contributed by atoms with van der Waals surface area (Å²) in [7, 11) is 3.97. The van der Waals surface area contributed by atoms with E-state index in [9.17, 15) is 0 Å². The molecule has 1 fully saturated rings. The summed E-state index contributed by atoms with van der Waals surface area (Å²) in [5.41, 5.74) is 2.54. The Hall–Kier alpha value is -3.14. The number of nitrogens with zero attached hydrogens (tertiary/aromatic N) is 10. The van der Waals surface area contributed by atoms with Crippen LogP contribution in [0.15, 0.2) is 24.3 Å². The Morgan fingerprint density at radius 3 is 2.41 bits per heavy atom. The Morgan fingerprint density at radius 1 is 0.897 bits per heavy atom. The zero-order valence-electron chi connectivity index (χ0n) is 16.9. The molecule has 10 heteroatoms. The molecule has 0 N–H and O–H groups in total. The zero-order valence-corrected chi connectivity index (χ0v) is 16.9. The van der Waals surface area contributed by atoms with E-state index in [1.54, 1.807) is 0 Å². The molecule has 5 rings (SSSR count). The van der Waals surface area contributed by atoms with Gasteiger partial charge < -0.3 is 4.90 Å². The molecule has 0 atom stereocenters. The molecule has 150 valence electrons. The molecule has 10 nitrogen and oxygen atoms in total. The van der Waals surface area contributed by atoms with Crippen LogP contribution in [0.25, 0.3) is 11.3 Å². The van der Waals surface area contributed by atoms with Crippen LogP contribution in [0.3, 0.4) is 0 Å². The third-order valence-electron chi connectivity index (χ3n) is 5.51. The molecule has 0 bridgehead atoms. The van der Waals surface area contributed by atoms with Crippen LogP contribution in [-0.4, -0.2) is 71.7 Å². The molecule has 0 aliphatic carbocycles. The average Bonchev–Trinajstić information content (AvgIpc) is 3.32. The number of anilines is 1. The van der Waals surface area contributed by atoms with Crippen LogP contribution in [0.4, 0.5) is 5.82 Å². The number of rotatable bonds is 4. The molecule has 29 heavy (non-hydrogen) atoms. The van der Waals surface area contributed by atoms with Gasteiger partial charge in [-0.25, -0.2) is 0 Å². The van der Waals surface area contributed by atoms with Crippen LogP contribution in [0.5, 0.6) is 0 Å². The highest BCUT2D eigenvalue weighted by atomic mass is 15.4. The molecule has 1 aliphatic rings. The van der Waals surface area contributed by atoms with Crippen molar-refractivity contribution in [2.75, 3.05) is 32.1 Å². The summed E-state index contributed by atoms with van der Waals surface area (Å²) in [6, 6.07) is 7.85. The molecule has 0 amide bonds. The minimum atomic E-state index is 0.349. The number of hydrogen-bond donors (Lipinski definition) is 0. The number of hydrogen-bond acceptors (Lipinski definition) is 8. The number of likely N-dealkylation sites (tertiary alicyclic amines) is 1. The third-order valence-corrected chi connectivity index (χ3v) is 5.51. The minimum absolute atomic E-state index is 0.349. The van der Waals surface area contributed by atoms with Crippen molar-refractivity contribution >= 4 is 17.1 Å². The van der Waals surface area contributed by atoms with E-state index in [0.29, 0.717) is 5.92 Å². The van der Waals surface area contributed by atoms with Crippen LogP contribution < -0.4 is 4.90 Å². The molecule has 4 aromatic heterocycles. The van der Waals surface area contributed by atoms with E-state index < -0.39 is 0 Å². The summed E-state index contributed by atoms with van der Waals surface area (Å²) in [5, 5.41) is 26.6. The summed E-state index contributed by atoms with van der Waals surface area (Å²) in [5.74, 6) is 3.08. The fraction of sp³-hybridized carbons (Fsp3) is 0.474. The van der Waals surface area contributed by atoms with Crippen LogP contribution in [0, 0.1) is 6.92 Å². The normalized spacial score (nSPS) is 16.1. The van der Waals surface area contributed by atoms with Gasteiger partial charge in [-0.3, -0.25) is 4.90 Å². The van der Waals surface area contributed by atoms with Gasteiger partial charge in [0.2, 0.25) is 0 Å². The second-order valence-electron chi connectivity index (χ2n) is 7.83. The first-order valence-corrected chi connectivity index (χ1v) is 9.88. The van der Waals surface area contributed by atoms with Crippen molar-refractivity contribution < 1.29 is 0 Å². The first-order valence-electron chi connectivity index (χ1n) is 9.88. The first kappa shape index (κ1) is 17.9. The van der Waals surface area contributed by atoms with Crippen molar-refractivity contribution in [3.8, 4) is 0 Å². The van der Waals surface area contributed by atoms with Crippen molar-refractivity contribution in [2.45, 2.75) is 32.2 Å². The second kappa shape index (κ2) is 7.03. The van der Waals surface area contributed by atoms with Crippen molar-refractivity contribution in [3.05, 3.63) is 41.6 Å². The van der Waals surface area contributed by atoms with E-state index in [2.05, 4.69) is 30.4 Å². The Morgan fingerprint density at radius 2 is 1.62 bits per heavy atom. The van der Waals surface area contributed by atoms with Crippen LogP contribution in [-0.2, 0) is 6.54 Å². The molecule has 0 aromatic carbocycles. The Balaban J connectivity index is 1.31. The highest BCUT2D eigenvalue weighted by Gasteiger charge is 2.26. The zero-order chi connectivity index (χ0) is 20.0. The van der Waals surface area contributed by atoms with Crippen molar-refractivity contribution in [1.82, 2.24) is 44.5 Å². The third kappa shape index (κ3) is 3.29. The SMILES string of the molecule is Cc1ccc2nnc(CN3CCC(c4nnc5ccc(N(C)C)nn45)CC3)n2n1. The maximum atomic E-state index is 4.71. The van der Waals surface area contributed by atoms with Crippen molar-refractivity contribution in [2.24, 2.45) is 0 Å². The van der Waals surface area contributed by atoms with E-state index in [-0.39, 0.29) is 0 Å². The molecule has 1 saturated heterocycles. The maximum absolute atomic E-state index is 4.71. The molecule has 4 aromatic rings. The fourth-order valence-corrected chi connectivity index (χ4v) is 3.86. The van der Waals surface area contributed by atoms with Gasteiger partial charge in [-0.2, -0.15) is 14.1 Å². The molecule has 0 saturated carbocycles. The molecular weight excluding hydrogens is 368 g/mol. The van der Waals surface area contributed by atoms with E-state index in [1.807, 2.05) is 59.2 Å². The van der Waals surface area contributed by atoms with Crippen LogP contribution >= 0.6 is 0 Å². The number of aryl methyl sites for hydroxylation is 1. The molecule has 0 spiro atoms. The number of aromatic nitrogens is 8. The smallest absolute Gasteiger partial charge is 0.178 e. The van der Waals surface area contributed by atoms with E-state index in [1.165, 1.54) is 0 Å². The number of fused-ring (bicyclic) bond motifs is 2. The quantitative estimate of drug-likeness (QED) is 0.513. The van der Waals surface area contributed by atoms with Gasteiger partial charge in [-0.1, -0.05) is 0 Å². The first-order chi connectivity index (χ1) is 14.1. The van der Waals surface area contributed by atoms with Gasteiger partial charge in [0.1, 0.15) is 5.82 Å². The average molecular weight is 392 g/mol. The molecular formula is C19H24N10. The maximum Gasteiger partial charge on any atom is 0.178 e. The van der Waals surface area contributed by atoms with Gasteiger partial charge in [0.25, 0.3) is 0 Å². The largest absolute Gasteiger partial charge is 0.361 e. The van der Waals surface area contributed by atoms with Crippen LogP contribution in [0.1, 0.15) is 36.1 Å². The fourth-order valence-electron chi connectivity index (χ4n) is 3.86. The molecule has 0 unspecified atom stereocenters. The van der Waals surface area contributed by atoms with E-state index >= 15 is 0 Å². The Labute approximate surface area is 168 Å². The lowest BCUT2D eigenvalue weighted by molar-refractivity contribution is 0.195. The number of piperidine rings is 1. The van der Waals surface area contributed by atoms with E-state index in [0.717, 1.165) is 66.9 Å². The second-order valence-corrected chi connectivity index (χ2v) is 7.83. The summed E-state index contributed by atoms with van der Waals surface area (Å²) in [6.07, 6.45) is 2.02. The van der Waals surface area contributed by atoms with Crippen molar-refractivity contribution in [1.29, 1.82) is 0 Å². The predicted molar refractivity (Wildman–Crippen MR) is 108 cm³/mol. The predicted octanol–water partition coefficient (Wildman–Crippen LogP) is 1.32. The van der Waals surface area contributed by atoms with Gasteiger partial charge in [-0.15, -0.1) is 25.5 Å². The minimum Gasteiger partial charge on any atom is -0.361 e. The topological polar surface area (TPSA) is 92.6 Å². The monoisotopic (exact) mass is 392 g/mol. The van der Waals surface area contributed by atoms with Gasteiger partial charge in [-0.05, 0) is 57.1 Å². The lowest BCUT2D eigenvalue weighted by atomic mass is 9.96. The Kier molecular flexibility index (Phi) is 4.35. The molecule has 1 aliphatic heterocycles. The van der Waals surface area contributed by atoms with Crippen molar-refractivity contribution in [3.63, 3.8) is 0 Å². The summed E-state index contributed by atoms with van der Waals surface area (Å²) < 4.78 is 3.74. The van der Waals surface area contributed by atoms with Gasteiger partial charge in [0.15, 0.2) is 22.9 Å². The summed E-state index contributed by atoms with van der Waals surface area (Å²) >= 11 is 0. The standard InChI is InChI=1S/C19H24N10/c1-13-4-5-15-20-22-18(28(15)24-13)12-27-10-8-14(9-11-27)19-23-21-16-6-7-17(26(2)3)25-29(16)19/h4-7,14H,8-12H2,1-3H3. The Bertz CT molecular complexity index is 1150. The highest BCUT2D eigenvalue weighted by molar-refractivity contribution is 5.45. The lowest BCUT2D eigenvalue weighted by Crippen LogP contribution is -2.33. The summed E-state index contributed by atoms with van der Waals surface area (Å²) in [4.78, 5) is 4.39. The van der Waals surface area contributed by atoms with Gasteiger partial charge in [0, 0.05) is 20.0 Å². The summed E-state index contributed by atoms with van der Waals surface area (Å²) in [6.45, 7) is 4.66. The lowest BCUT2D eigenvalue weighted by Gasteiger charge is -2.30.